The van der Waals surface area contributed by atoms with Crippen LogP contribution in [0.5, 0.6) is 11.5 Å². The molecule has 3 nitrogen and oxygen atoms in total. The van der Waals surface area contributed by atoms with Crippen molar-refractivity contribution in [2.24, 2.45) is 0 Å². The van der Waals surface area contributed by atoms with E-state index < -0.39 is 0 Å². The second-order valence-electron chi connectivity index (χ2n) is 4.24. The maximum Gasteiger partial charge on any atom is 0.119 e. The molecular formula is C15H23BrO3. The summed E-state index contributed by atoms with van der Waals surface area (Å²) in [5.41, 5.74) is 0. The molecule has 0 saturated heterocycles. The molecule has 19 heavy (non-hydrogen) atoms. The molecule has 0 heterocycles. The molecule has 108 valence electrons. The van der Waals surface area contributed by atoms with Gasteiger partial charge in [-0.2, -0.15) is 0 Å². The maximum absolute atomic E-state index is 5.61. The summed E-state index contributed by atoms with van der Waals surface area (Å²) in [5, 5.41) is 1.09. The van der Waals surface area contributed by atoms with Crippen LogP contribution in [0.4, 0.5) is 0 Å². The van der Waals surface area contributed by atoms with Crippen LogP contribution in [0.25, 0.3) is 0 Å². The monoisotopic (exact) mass is 330 g/mol. The van der Waals surface area contributed by atoms with Crippen molar-refractivity contribution in [3.05, 3.63) is 24.3 Å². The summed E-state index contributed by atoms with van der Waals surface area (Å²) in [5.74, 6) is 1.72. The summed E-state index contributed by atoms with van der Waals surface area (Å²) in [4.78, 5) is 0. The molecule has 0 bridgehead atoms. The highest BCUT2D eigenvalue weighted by Gasteiger charge is 1.95. The first-order valence-electron chi connectivity index (χ1n) is 6.77. The van der Waals surface area contributed by atoms with Gasteiger partial charge in [-0.1, -0.05) is 22.4 Å². The molecule has 0 aromatic heterocycles. The summed E-state index contributed by atoms with van der Waals surface area (Å²) in [6.45, 7) is 2.31. The molecule has 1 aromatic carbocycles. The van der Waals surface area contributed by atoms with Crippen LogP contribution in [0.1, 0.15) is 25.7 Å². The van der Waals surface area contributed by atoms with E-state index in [4.69, 9.17) is 14.2 Å². The number of methoxy groups -OCH3 is 1. The van der Waals surface area contributed by atoms with E-state index in [1.54, 1.807) is 7.11 Å². The molecule has 0 aliphatic rings. The second kappa shape index (κ2) is 11.1. The fraction of sp³-hybridized carbons (Fsp3) is 0.600. The Labute approximate surface area is 124 Å². The molecule has 0 spiro atoms. The Morgan fingerprint density at radius 2 is 1.53 bits per heavy atom. The van der Waals surface area contributed by atoms with Gasteiger partial charge in [0, 0.05) is 25.0 Å². The Morgan fingerprint density at radius 3 is 2.21 bits per heavy atom. The van der Waals surface area contributed by atoms with Crippen LogP contribution in [0.15, 0.2) is 24.3 Å². The van der Waals surface area contributed by atoms with Crippen LogP contribution < -0.4 is 9.47 Å². The van der Waals surface area contributed by atoms with Crippen molar-refractivity contribution < 1.29 is 14.2 Å². The number of hydrogen-bond donors (Lipinski definition) is 0. The topological polar surface area (TPSA) is 27.7 Å². The highest BCUT2D eigenvalue weighted by Crippen LogP contribution is 2.16. The van der Waals surface area contributed by atoms with Gasteiger partial charge in [0.05, 0.1) is 13.7 Å². The van der Waals surface area contributed by atoms with Crippen molar-refractivity contribution in [1.82, 2.24) is 0 Å². The van der Waals surface area contributed by atoms with Crippen LogP contribution >= 0.6 is 15.9 Å². The van der Waals surface area contributed by atoms with Crippen molar-refractivity contribution in [2.45, 2.75) is 25.7 Å². The van der Waals surface area contributed by atoms with Crippen LogP contribution in [0, 0.1) is 0 Å². The van der Waals surface area contributed by atoms with Gasteiger partial charge in [0.15, 0.2) is 0 Å². The molecule has 1 rings (SSSR count). The summed E-state index contributed by atoms with van der Waals surface area (Å²) >= 11 is 3.42. The summed E-state index contributed by atoms with van der Waals surface area (Å²) in [6.07, 6.45) is 4.52. The van der Waals surface area contributed by atoms with E-state index >= 15 is 0 Å². The molecule has 0 unspecified atom stereocenters. The minimum Gasteiger partial charge on any atom is -0.497 e. The maximum atomic E-state index is 5.61. The Bertz CT molecular complexity index is 314. The van der Waals surface area contributed by atoms with E-state index in [9.17, 15) is 0 Å². The highest BCUT2D eigenvalue weighted by atomic mass is 79.9. The van der Waals surface area contributed by atoms with Gasteiger partial charge in [-0.25, -0.2) is 0 Å². The fourth-order valence-corrected chi connectivity index (χ4v) is 2.00. The van der Waals surface area contributed by atoms with Crippen LogP contribution in [-0.4, -0.2) is 32.3 Å². The lowest BCUT2D eigenvalue weighted by molar-refractivity contribution is 0.116. The average Bonchev–Trinajstić information content (AvgIpc) is 2.46. The van der Waals surface area contributed by atoms with E-state index in [2.05, 4.69) is 15.9 Å². The summed E-state index contributed by atoms with van der Waals surface area (Å²) in [7, 11) is 1.66. The van der Waals surface area contributed by atoms with Crippen LogP contribution in [0.2, 0.25) is 0 Å². The number of ether oxygens (including phenoxy) is 3. The molecular weight excluding hydrogens is 308 g/mol. The van der Waals surface area contributed by atoms with Crippen molar-refractivity contribution in [2.75, 3.05) is 32.3 Å². The molecule has 0 saturated carbocycles. The molecule has 1 aromatic rings. The van der Waals surface area contributed by atoms with Gasteiger partial charge in [-0.05, 0) is 37.1 Å². The number of hydrogen-bond acceptors (Lipinski definition) is 3. The van der Waals surface area contributed by atoms with E-state index in [-0.39, 0.29) is 0 Å². The summed E-state index contributed by atoms with van der Waals surface area (Å²) < 4.78 is 16.2. The normalized spacial score (nSPS) is 10.4. The molecule has 0 aliphatic heterocycles. The lowest BCUT2D eigenvalue weighted by Crippen LogP contribution is -2.04. The van der Waals surface area contributed by atoms with Gasteiger partial charge in [0.1, 0.15) is 11.5 Å². The summed E-state index contributed by atoms with van der Waals surface area (Å²) in [6, 6.07) is 7.63. The van der Waals surface area contributed by atoms with Crippen LogP contribution in [0.3, 0.4) is 0 Å². The average molecular weight is 331 g/mol. The SMILES string of the molecule is COc1ccc(OCCCOCCCCCBr)cc1. The van der Waals surface area contributed by atoms with E-state index in [0.717, 1.165) is 42.9 Å². The van der Waals surface area contributed by atoms with Gasteiger partial charge in [-0.15, -0.1) is 0 Å². The number of unbranched alkanes of at least 4 members (excludes halogenated alkanes) is 2. The standard InChI is InChI=1S/C15H23BrO3/c1-17-14-6-8-15(9-7-14)19-13-5-12-18-11-4-2-3-10-16/h6-9H,2-5,10-13H2,1H3. The molecule has 0 atom stereocenters. The van der Waals surface area contributed by atoms with Crippen molar-refractivity contribution in [1.29, 1.82) is 0 Å². The predicted octanol–water partition coefficient (Wildman–Crippen LogP) is 4.05. The molecule has 0 aliphatic carbocycles. The number of rotatable bonds is 11. The Morgan fingerprint density at radius 1 is 0.842 bits per heavy atom. The first-order chi connectivity index (χ1) is 9.36. The third kappa shape index (κ3) is 8.11. The Hall–Kier alpha value is -0.740. The van der Waals surface area contributed by atoms with E-state index in [1.165, 1.54) is 12.8 Å². The first-order valence-corrected chi connectivity index (χ1v) is 7.89. The van der Waals surface area contributed by atoms with Gasteiger partial charge < -0.3 is 14.2 Å². The van der Waals surface area contributed by atoms with Gasteiger partial charge in [0.25, 0.3) is 0 Å². The second-order valence-corrected chi connectivity index (χ2v) is 5.03. The number of alkyl halides is 1. The van der Waals surface area contributed by atoms with Gasteiger partial charge >= 0.3 is 0 Å². The van der Waals surface area contributed by atoms with Gasteiger partial charge in [0.2, 0.25) is 0 Å². The molecule has 0 fully saturated rings. The van der Waals surface area contributed by atoms with Crippen LogP contribution in [-0.2, 0) is 4.74 Å². The number of benzene rings is 1. The fourth-order valence-electron chi connectivity index (χ4n) is 1.60. The van der Waals surface area contributed by atoms with E-state index in [1.807, 2.05) is 24.3 Å². The Balaban J connectivity index is 1.95. The smallest absolute Gasteiger partial charge is 0.119 e. The number of halogens is 1. The molecule has 0 N–H and O–H groups in total. The zero-order valence-electron chi connectivity index (χ0n) is 11.6. The third-order valence-electron chi connectivity index (χ3n) is 2.68. The first kappa shape index (κ1) is 16.3. The minimum atomic E-state index is 0.688. The third-order valence-corrected chi connectivity index (χ3v) is 3.24. The quantitative estimate of drug-likeness (QED) is 0.452. The van der Waals surface area contributed by atoms with Gasteiger partial charge in [-0.3, -0.25) is 0 Å². The van der Waals surface area contributed by atoms with E-state index in [0.29, 0.717) is 6.61 Å². The molecule has 4 heteroatoms. The molecule has 0 amide bonds. The zero-order chi connectivity index (χ0) is 13.8. The predicted molar refractivity (Wildman–Crippen MR) is 81.6 cm³/mol. The largest absolute Gasteiger partial charge is 0.497 e. The highest BCUT2D eigenvalue weighted by molar-refractivity contribution is 9.09. The molecule has 0 radical (unpaired) electrons. The van der Waals surface area contributed by atoms with Crippen molar-refractivity contribution in [3.63, 3.8) is 0 Å². The lowest BCUT2D eigenvalue weighted by Gasteiger charge is -2.07. The van der Waals surface area contributed by atoms with Crippen molar-refractivity contribution >= 4 is 15.9 Å². The Kier molecular flexibility index (Phi) is 9.55. The van der Waals surface area contributed by atoms with Crippen molar-refractivity contribution in [3.8, 4) is 11.5 Å². The lowest BCUT2D eigenvalue weighted by atomic mass is 10.3. The zero-order valence-corrected chi connectivity index (χ0v) is 13.2. The minimum absolute atomic E-state index is 0.688.